The molecule has 0 aromatic heterocycles. The second-order valence-electron chi connectivity index (χ2n) is 6.74. The van der Waals surface area contributed by atoms with Crippen molar-refractivity contribution in [2.45, 2.75) is 44.6 Å². The van der Waals surface area contributed by atoms with Gasteiger partial charge < -0.3 is 5.11 Å². The first-order valence-corrected chi connectivity index (χ1v) is 7.73. The molecule has 0 saturated heterocycles. The van der Waals surface area contributed by atoms with E-state index in [9.17, 15) is 10.4 Å². The predicted molar refractivity (Wildman–Crippen MR) is 79.3 cm³/mol. The van der Waals surface area contributed by atoms with E-state index in [4.69, 9.17) is 11.6 Å². The number of fused-ring (bicyclic) bond motifs is 2. The van der Waals surface area contributed by atoms with Gasteiger partial charge in [0, 0.05) is 11.4 Å². The smallest absolute Gasteiger partial charge is 0.0891 e. The molecule has 106 valence electrons. The van der Waals surface area contributed by atoms with E-state index in [-0.39, 0.29) is 0 Å². The normalized spacial score (nSPS) is 34.7. The number of nitriles is 1. The van der Waals surface area contributed by atoms with Crippen molar-refractivity contribution in [1.29, 1.82) is 5.26 Å². The highest BCUT2D eigenvalue weighted by atomic mass is 35.5. The molecular formula is C17H20ClNO. The van der Waals surface area contributed by atoms with E-state index in [2.05, 4.69) is 6.07 Å². The number of halogens is 1. The van der Waals surface area contributed by atoms with E-state index in [1.165, 1.54) is 6.42 Å². The lowest BCUT2D eigenvalue weighted by Crippen LogP contribution is -2.50. The molecule has 3 rings (SSSR count). The van der Waals surface area contributed by atoms with E-state index >= 15 is 0 Å². The molecule has 0 amide bonds. The number of hydrogen-bond acceptors (Lipinski definition) is 2. The fourth-order valence-corrected chi connectivity index (χ4v) is 4.53. The molecule has 2 saturated carbocycles. The van der Waals surface area contributed by atoms with Crippen molar-refractivity contribution in [2.75, 3.05) is 0 Å². The van der Waals surface area contributed by atoms with Crippen molar-refractivity contribution >= 4 is 11.6 Å². The average molecular weight is 290 g/mol. The molecule has 1 N–H and O–H groups in total. The minimum absolute atomic E-state index is 0.361. The van der Waals surface area contributed by atoms with Crippen molar-refractivity contribution in [1.82, 2.24) is 0 Å². The lowest BCUT2D eigenvalue weighted by molar-refractivity contribution is -0.0667. The second kappa shape index (κ2) is 4.76. The molecule has 3 heteroatoms. The third-order valence-electron chi connectivity index (χ3n) is 5.47. The predicted octanol–water partition coefficient (Wildman–Crippen LogP) is 3.96. The summed E-state index contributed by atoms with van der Waals surface area (Å²) in [5, 5.41) is 21.5. The Morgan fingerprint density at radius 1 is 1.40 bits per heavy atom. The van der Waals surface area contributed by atoms with E-state index in [1.807, 2.05) is 31.2 Å². The standard InChI is InChI=1S/C17H20ClNO/c1-16(20,9-12-3-6-15(18)7-4-12)17(11-19)10-13-2-5-14(17)8-13/h3-4,6-7,13-14,20H,2,5,8-10H2,1H3. The van der Waals surface area contributed by atoms with Crippen molar-refractivity contribution in [3.63, 3.8) is 0 Å². The first-order valence-electron chi connectivity index (χ1n) is 7.35. The molecule has 0 aliphatic heterocycles. The Morgan fingerprint density at radius 3 is 2.60 bits per heavy atom. The van der Waals surface area contributed by atoms with Crippen LogP contribution in [0.1, 0.15) is 38.2 Å². The summed E-state index contributed by atoms with van der Waals surface area (Å²) in [4.78, 5) is 0. The lowest BCUT2D eigenvalue weighted by atomic mass is 9.62. The monoisotopic (exact) mass is 289 g/mol. The highest BCUT2D eigenvalue weighted by molar-refractivity contribution is 6.30. The van der Waals surface area contributed by atoms with Crippen LogP contribution in [0, 0.1) is 28.6 Å². The van der Waals surface area contributed by atoms with Gasteiger partial charge in [0.15, 0.2) is 0 Å². The van der Waals surface area contributed by atoms with Crippen LogP contribution in [0.2, 0.25) is 5.02 Å². The van der Waals surface area contributed by atoms with Crippen molar-refractivity contribution in [3.8, 4) is 6.07 Å². The molecule has 0 radical (unpaired) electrons. The van der Waals surface area contributed by atoms with E-state index in [0.29, 0.717) is 23.3 Å². The molecule has 20 heavy (non-hydrogen) atoms. The number of rotatable bonds is 3. The van der Waals surface area contributed by atoms with Crippen LogP contribution in [-0.2, 0) is 6.42 Å². The molecule has 2 aliphatic rings. The Hall–Kier alpha value is -1.04. The molecule has 0 spiro atoms. The topological polar surface area (TPSA) is 44.0 Å². The summed E-state index contributed by atoms with van der Waals surface area (Å²) in [6.45, 7) is 1.84. The van der Waals surface area contributed by atoms with Crippen molar-refractivity contribution in [2.24, 2.45) is 17.3 Å². The molecular weight excluding hydrogens is 270 g/mol. The number of benzene rings is 1. The number of nitrogens with zero attached hydrogens (tertiary/aromatic N) is 1. The summed E-state index contributed by atoms with van der Waals surface area (Å²) >= 11 is 5.90. The van der Waals surface area contributed by atoms with Crippen LogP contribution in [0.4, 0.5) is 0 Å². The van der Waals surface area contributed by atoms with Gasteiger partial charge in [0.1, 0.15) is 0 Å². The zero-order valence-corrected chi connectivity index (χ0v) is 12.5. The maximum Gasteiger partial charge on any atom is 0.0891 e. The van der Waals surface area contributed by atoms with Crippen LogP contribution >= 0.6 is 11.6 Å². The summed E-state index contributed by atoms with van der Waals surface area (Å²) in [6.07, 6.45) is 4.81. The largest absolute Gasteiger partial charge is 0.388 e. The number of hydrogen-bond donors (Lipinski definition) is 1. The first-order chi connectivity index (χ1) is 9.47. The number of aliphatic hydroxyl groups is 1. The molecule has 1 aromatic carbocycles. The summed E-state index contributed by atoms with van der Waals surface area (Å²) < 4.78 is 0. The van der Waals surface area contributed by atoms with E-state index < -0.39 is 11.0 Å². The Morgan fingerprint density at radius 2 is 2.10 bits per heavy atom. The Bertz CT molecular complexity index is 545. The third-order valence-corrected chi connectivity index (χ3v) is 5.72. The van der Waals surface area contributed by atoms with Gasteiger partial charge in [0.05, 0.1) is 17.1 Å². The van der Waals surface area contributed by atoms with Gasteiger partial charge in [0.25, 0.3) is 0 Å². The maximum absolute atomic E-state index is 11.1. The molecule has 0 heterocycles. The summed E-state index contributed by atoms with van der Waals surface area (Å²) in [6, 6.07) is 10.1. The van der Waals surface area contributed by atoms with Gasteiger partial charge in [-0.1, -0.05) is 30.2 Å². The summed E-state index contributed by atoms with van der Waals surface area (Å²) in [5.74, 6) is 0.996. The molecule has 2 nitrogen and oxygen atoms in total. The van der Waals surface area contributed by atoms with Crippen LogP contribution in [0.25, 0.3) is 0 Å². The minimum atomic E-state index is -0.977. The second-order valence-corrected chi connectivity index (χ2v) is 7.18. The SMILES string of the molecule is CC(O)(Cc1ccc(Cl)cc1)C1(C#N)CC2CCC1C2. The first kappa shape index (κ1) is 13.9. The Labute approximate surface area is 125 Å². The maximum atomic E-state index is 11.1. The van der Waals surface area contributed by atoms with Gasteiger partial charge in [-0.25, -0.2) is 0 Å². The van der Waals surface area contributed by atoms with Gasteiger partial charge in [-0.3, -0.25) is 0 Å². The van der Waals surface area contributed by atoms with Gasteiger partial charge in [-0.2, -0.15) is 5.26 Å². The van der Waals surface area contributed by atoms with Crippen LogP contribution in [0.15, 0.2) is 24.3 Å². The van der Waals surface area contributed by atoms with Crippen LogP contribution in [-0.4, -0.2) is 10.7 Å². The van der Waals surface area contributed by atoms with Crippen LogP contribution in [0.5, 0.6) is 0 Å². The highest BCUT2D eigenvalue weighted by Crippen LogP contribution is 2.60. The molecule has 4 atom stereocenters. The third kappa shape index (κ3) is 2.05. The van der Waals surface area contributed by atoms with Crippen molar-refractivity contribution < 1.29 is 5.11 Å². The summed E-state index contributed by atoms with van der Waals surface area (Å²) in [5.41, 5.74) is -0.512. The fraction of sp³-hybridized carbons (Fsp3) is 0.588. The lowest BCUT2D eigenvalue weighted by Gasteiger charge is -2.43. The Balaban J connectivity index is 1.87. The summed E-state index contributed by atoms with van der Waals surface area (Å²) in [7, 11) is 0. The van der Waals surface area contributed by atoms with Crippen molar-refractivity contribution in [3.05, 3.63) is 34.9 Å². The molecule has 2 aliphatic carbocycles. The quantitative estimate of drug-likeness (QED) is 0.915. The van der Waals surface area contributed by atoms with Gasteiger partial charge in [0.2, 0.25) is 0 Å². The molecule has 4 unspecified atom stereocenters. The van der Waals surface area contributed by atoms with Gasteiger partial charge >= 0.3 is 0 Å². The van der Waals surface area contributed by atoms with Gasteiger partial charge in [-0.15, -0.1) is 0 Å². The molecule has 2 bridgehead atoms. The highest BCUT2D eigenvalue weighted by Gasteiger charge is 2.60. The van der Waals surface area contributed by atoms with E-state index in [0.717, 1.165) is 24.8 Å². The van der Waals surface area contributed by atoms with Gasteiger partial charge in [-0.05, 0) is 55.7 Å². The van der Waals surface area contributed by atoms with E-state index in [1.54, 1.807) is 0 Å². The molecule has 1 aromatic rings. The van der Waals surface area contributed by atoms with Crippen LogP contribution in [0.3, 0.4) is 0 Å². The van der Waals surface area contributed by atoms with Crippen LogP contribution < -0.4 is 0 Å². The zero-order chi connectivity index (χ0) is 14.4. The Kier molecular flexibility index (Phi) is 3.31. The fourth-order valence-electron chi connectivity index (χ4n) is 4.40. The zero-order valence-electron chi connectivity index (χ0n) is 11.8. The minimum Gasteiger partial charge on any atom is -0.388 e. The average Bonchev–Trinajstić information content (AvgIpc) is 3.02. The molecule has 2 fully saturated rings.